The van der Waals surface area contributed by atoms with Gasteiger partial charge in [0.2, 0.25) is 5.91 Å². The standard InChI is InChI=1S/C12H24BrNO/c1-3-5-7-9-14(12(15)11-13)10-8-6-4-2/h3-11H2,1-2H3. The number of amides is 1. The summed E-state index contributed by atoms with van der Waals surface area (Å²) in [5.41, 5.74) is 0. The molecule has 0 fully saturated rings. The van der Waals surface area contributed by atoms with Gasteiger partial charge in [0.15, 0.2) is 0 Å². The van der Waals surface area contributed by atoms with Gasteiger partial charge in [0.25, 0.3) is 0 Å². The minimum Gasteiger partial charge on any atom is -0.342 e. The highest BCUT2D eigenvalue weighted by molar-refractivity contribution is 9.09. The van der Waals surface area contributed by atoms with Crippen LogP contribution in [0.1, 0.15) is 52.4 Å². The van der Waals surface area contributed by atoms with Gasteiger partial charge in [-0.3, -0.25) is 4.79 Å². The minimum absolute atomic E-state index is 0.238. The lowest BCUT2D eigenvalue weighted by Gasteiger charge is -2.21. The first-order chi connectivity index (χ1) is 7.26. The van der Waals surface area contributed by atoms with Crippen LogP contribution in [0.2, 0.25) is 0 Å². The third-order valence-electron chi connectivity index (χ3n) is 2.53. The molecule has 0 aliphatic carbocycles. The fourth-order valence-corrected chi connectivity index (χ4v) is 1.91. The van der Waals surface area contributed by atoms with Crippen molar-refractivity contribution in [3.63, 3.8) is 0 Å². The van der Waals surface area contributed by atoms with Crippen LogP contribution >= 0.6 is 15.9 Å². The lowest BCUT2D eigenvalue weighted by atomic mass is 10.2. The van der Waals surface area contributed by atoms with E-state index in [1.54, 1.807) is 0 Å². The highest BCUT2D eigenvalue weighted by atomic mass is 79.9. The Labute approximate surface area is 103 Å². The lowest BCUT2D eigenvalue weighted by molar-refractivity contribution is -0.128. The Bertz CT molecular complexity index is 152. The molecule has 0 saturated heterocycles. The molecule has 0 bridgehead atoms. The van der Waals surface area contributed by atoms with E-state index in [4.69, 9.17) is 0 Å². The number of nitrogens with zero attached hydrogens (tertiary/aromatic N) is 1. The van der Waals surface area contributed by atoms with Crippen molar-refractivity contribution in [2.75, 3.05) is 18.4 Å². The van der Waals surface area contributed by atoms with E-state index in [9.17, 15) is 4.79 Å². The quantitative estimate of drug-likeness (QED) is 0.466. The molecule has 3 heteroatoms. The van der Waals surface area contributed by atoms with Crippen molar-refractivity contribution < 1.29 is 4.79 Å². The summed E-state index contributed by atoms with van der Waals surface area (Å²) < 4.78 is 0. The van der Waals surface area contributed by atoms with Crippen molar-refractivity contribution in [2.45, 2.75) is 52.4 Å². The third-order valence-corrected chi connectivity index (χ3v) is 3.01. The molecule has 0 atom stereocenters. The second kappa shape index (κ2) is 10.5. The zero-order valence-corrected chi connectivity index (χ0v) is 11.7. The Morgan fingerprint density at radius 2 is 1.47 bits per heavy atom. The predicted molar refractivity (Wildman–Crippen MR) is 69.4 cm³/mol. The number of alkyl halides is 1. The third kappa shape index (κ3) is 7.83. The van der Waals surface area contributed by atoms with Crippen LogP contribution in [-0.4, -0.2) is 29.2 Å². The zero-order chi connectivity index (χ0) is 11.5. The van der Waals surface area contributed by atoms with Crippen LogP contribution in [0.25, 0.3) is 0 Å². The Balaban J connectivity index is 3.79. The number of unbranched alkanes of at least 4 members (excludes halogenated alkanes) is 4. The summed E-state index contributed by atoms with van der Waals surface area (Å²) in [6.07, 6.45) is 7.15. The van der Waals surface area contributed by atoms with Crippen molar-refractivity contribution in [1.82, 2.24) is 4.90 Å². The second-order valence-electron chi connectivity index (χ2n) is 3.93. The molecule has 0 radical (unpaired) electrons. The molecule has 0 spiro atoms. The number of halogens is 1. The number of hydrogen-bond acceptors (Lipinski definition) is 1. The highest BCUT2D eigenvalue weighted by Crippen LogP contribution is 2.04. The molecule has 0 rings (SSSR count). The molecule has 90 valence electrons. The fourth-order valence-electron chi connectivity index (χ4n) is 1.55. The summed E-state index contributed by atoms with van der Waals surface area (Å²) in [7, 11) is 0. The maximum Gasteiger partial charge on any atom is 0.233 e. The smallest absolute Gasteiger partial charge is 0.233 e. The van der Waals surface area contributed by atoms with Crippen LogP contribution < -0.4 is 0 Å². The van der Waals surface area contributed by atoms with Crippen LogP contribution in [0.4, 0.5) is 0 Å². The van der Waals surface area contributed by atoms with Crippen molar-refractivity contribution in [2.24, 2.45) is 0 Å². The summed E-state index contributed by atoms with van der Waals surface area (Å²) >= 11 is 3.24. The summed E-state index contributed by atoms with van der Waals surface area (Å²) in [5.74, 6) is 0.238. The molecule has 0 heterocycles. The molecule has 0 N–H and O–H groups in total. The van der Waals surface area contributed by atoms with Crippen LogP contribution in [0.5, 0.6) is 0 Å². The van der Waals surface area contributed by atoms with Crippen LogP contribution in [0, 0.1) is 0 Å². The van der Waals surface area contributed by atoms with Crippen LogP contribution in [-0.2, 0) is 4.79 Å². The van der Waals surface area contributed by atoms with Crippen molar-refractivity contribution in [1.29, 1.82) is 0 Å². The van der Waals surface area contributed by atoms with Gasteiger partial charge in [-0.05, 0) is 12.8 Å². The molecule has 0 aliphatic rings. The fraction of sp³-hybridized carbons (Fsp3) is 0.917. The van der Waals surface area contributed by atoms with Gasteiger partial charge in [-0.25, -0.2) is 0 Å². The SMILES string of the molecule is CCCCCN(CCCCC)C(=O)CBr. The van der Waals surface area contributed by atoms with Gasteiger partial charge in [-0.15, -0.1) is 0 Å². The van der Waals surface area contributed by atoms with Gasteiger partial charge in [0.05, 0.1) is 5.33 Å². The zero-order valence-electron chi connectivity index (χ0n) is 10.1. The largest absolute Gasteiger partial charge is 0.342 e. The molecule has 0 unspecified atom stereocenters. The number of hydrogen-bond donors (Lipinski definition) is 0. The van der Waals surface area contributed by atoms with E-state index in [2.05, 4.69) is 29.8 Å². The van der Waals surface area contributed by atoms with Gasteiger partial charge in [0, 0.05) is 13.1 Å². The molecule has 0 aromatic heterocycles. The molecule has 0 aliphatic heterocycles. The normalized spacial score (nSPS) is 10.3. The Kier molecular flexibility index (Phi) is 10.4. The monoisotopic (exact) mass is 277 g/mol. The van der Waals surface area contributed by atoms with E-state index in [1.165, 1.54) is 25.7 Å². The predicted octanol–water partition coefficient (Wildman–Crippen LogP) is 3.59. The molecular weight excluding hydrogens is 254 g/mol. The highest BCUT2D eigenvalue weighted by Gasteiger charge is 2.10. The van der Waals surface area contributed by atoms with Gasteiger partial charge in [0.1, 0.15) is 0 Å². The Morgan fingerprint density at radius 1 is 1.00 bits per heavy atom. The maximum absolute atomic E-state index is 11.6. The Morgan fingerprint density at radius 3 is 1.80 bits per heavy atom. The summed E-state index contributed by atoms with van der Waals surface area (Å²) in [6.45, 7) is 6.24. The van der Waals surface area contributed by atoms with E-state index >= 15 is 0 Å². The van der Waals surface area contributed by atoms with E-state index in [-0.39, 0.29) is 5.91 Å². The summed E-state index contributed by atoms with van der Waals surface area (Å²) in [4.78, 5) is 13.6. The van der Waals surface area contributed by atoms with Gasteiger partial charge in [-0.2, -0.15) is 0 Å². The first kappa shape index (κ1) is 14.9. The lowest BCUT2D eigenvalue weighted by Crippen LogP contribution is -2.33. The maximum atomic E-state index is 11.6. The summed E-state index contributed by atoms with van der Waals surface area (Å²) in [6, 6.07) is 0. The van der Waals surface area contributed by atoms with Gasteiger partial charge >= 0.3 is 0 Å². The van der Waals surface area contributed by atoms with Crippen molar-refractivity contribution >= 4 is 21.8 Å². The average Bonchev–Trinajstić information content (AvgIpc) is 2.26. The molecule has 0 aromatic rings. The Hall–Kier alpha value is -0.0500. The molecule has 0 aromatic carbocycles. The average molecular weight is 278 g/mol. The topological polar surface area (TPSA) is 20.3 Å². The molecular formula is C12H24BrNO. The first-order valence-electron chi connectivity index (χ1n) is 6.10. The number of carbonyl (C=O) groups is 1. The summed E-state index contributed by atoms with van der Waals surface area (Å²) in [5, 5.41) is 0.464. The van der Waals surface area contributed by atoms with Crippen molar-refractivity contribution in [3.8, 4) is 0 Å². The van der Waals surface area contributed by atoms with Crippen LogP contribution in [0.15, 0.2) is 0 Å². The first-order valence-corrected chi connectivity index (χ1v) is 7.22. The van der Waals surface area contributed by atoms with Crippen LogP contribution in [0.3, 0.4) is 0 Å². The van der Waals surface area contributed by atoms with E-state index in [0.717, 1.165) is 25.9 Å². The molecule has 1 amide bonds. The van der Waals surface area contributed by atoms with E-state index in [1.807, 2.05) is 4.90 Å². The molecule has 0 saturated carbocycles. The van der Waals surface area contributed by atoms with E-state index < -0.39 is 0 Å². The van der Waals surface area contributed by atoms with Crippen molar-refractivity contribution in [3.05, 3.63) is 0 Å². The molecule has 15 heavy (non-hydrogen) atoms. The van der Waals surface area contributed by atoms with Gasteiger partial charge < -0.3 is 4.90 Å². The molecule has 2 nitrogen and oxygen atoms in total. The number of carbonyl (C=O) groups excluding carboxylic acids is 1. The van der Waals surface area contributed by atoms with Gasteiger partial charge in [-0.1, -0.05) is 55.5 Å². The minimum atomic E-state index is 0.238. The van der Waals surface area contributed by atoms with E-state index in [0.29, 0.717) is 5.33 Å². The number of rotatable bonds is 9. The second-order valence-corrected chi connectivity index (χ2v) is 4.49.